The number of aromatic nitrogens is 1. The molecule has 0 radical (unpaired) electrons. The summed E-state index contributed by atoms with van der Waals surface area (Å²) < 4.78 is 7.60. The van der Waals surface area contributed by atoms with E-state index in [0.717, 1.165) is 12.8 Å². The summed E-state index contributed by atoms with van der Waals surface area (Å²) in [5.41, 5.74) is -1.79. The quantitative estimate of drug-likeness (QED) is 0.765. The fourth-order valence-electron chi connectivity index (χ4n) is 4.39. The minimum absolute atomic E-state index is 0.0486. The van der Waals surface area contributed by atoms with Crippen LogP contribution in [0.25, 0.3) is 0 Å². The van der Waals surface area contributed by atoms with Gasteiger partial charge in [0.15, 0.2) is 17.2 Å². The van der Waals surface area contributed by atoms with Crippen LogP contribution in [0.3, 0.4) is 0 Å². The number of pyridine rings is 1. The second-order valence-corrected chi connectivity index (χ2v) is 6.64. The molecule has 3 atom stereocenters. The Morgan fingerprint density at radius 2 is 2.21 bits per heavy atom. The molecule has 1 saturated carbocycles. The van der Waals surface area contributed by atoms with Crippen molar-refractivity contribution in [3.8, 4) is 5.75 Å². The smallest absolute Gasteiger partial charge is 0.277 e. The van der Waals surface area contributed by atoms with Gasteiger partial charge in [-0.3, -0.25) is 14.4 Å². The van der Waals surface area contributed by atoms with Gasteiger partial charge in [-0.2, -0.15) is 0 Å². The van der Waals surface area contributed by atoms with Crippen molar-refractivity contribution in [1.29, 1.82) is 0 Å². The fraction of sp³-hybridized carbons (Fsp3) is 0.562. The van der Waals surface area contributed by atoms with Crippen molar-refractivity contribution < 1.29 is 19.4 Å². The molecule has 4 rings (SSSR count). The van der Waals surface area contributed by atoms with Crippen LogP contribution in [-0.4, -0.2) is 51.8 Å². The van der Waals surface area contributed by atoms with E-state index < -0.39 is 28.7 Å². The zero-order valence-electron chi connectivity index (χ0n) is 13.5. The fourth-order valence-corrected chi connectivity index (χ4v) is 4.39. The first kappa shape index (κ1) is 15.2. The summed E-state index contributed by atoms with van der Waals surface area (Å²) in [4.78, 5) is 38.9. The van der Waals surface area contributed by atoms with Crippen LogP contribution in [0.4, 0.5) is 0 Å². The van der Waals surface area contributed by atoms with E-state index in [9.17, 15) is 19.5 Å². The van der Waals surface area contributed by atoms with Gasteiger partial charge in [-0.1, -0.05) is 0 Å². The molecule has 3 heterocycles. The number of carbonyl (C=O) groups is 2. The molecule has 0 unspecified atom stereocenters. The molecule has 1 aromatic heterocycles. The first-order chi connectivity index (χ1) is 11.4. The summed E-state index contributed by atoms with van der Waals surface area (Å²) in [6.45, 7) is 2.32. The second kappa shape index (κ2) is 4.83. The molecule has 2 aliphatic heterocycles. The highest BCUT2D eigenvalue weighted by atomic mass is 16.5. The number of carbonyl (C=O) groups excluding carboxylic acids is 2. The molecule has 3 aliphatic rings. The summed E-state index contributed by atoms with van der Waals surface area (Å²) in [5.74, 6) is -1.68. The van der Waals surface area contributed by atoms with E-state index in [2.05, 4.69) is 5.32 Å². The number of rotatable bonds is 1. The maximum absolute atomic E-state index is 13.0. The highest BCUT2D eigenvalue weighted by Crippen LogP contribution is 2.52. The molecule has 0 aromatic carbocycles. The van der Waals surface area contributed by atoms with Gasteiger partial charge in [0.25, 0.3) is 11.8 Å². The Balaban J connectivity index is 2.00. The van der Waals surface area contributed by atoms with Crippen LogP contribution in [0.2, 0.25) is 0 Å². The molecule has 128 valence electrons. The molecule has 24 heavy (non-hydrogen) atoms. The van der Waals surface area contributed by atoms with Crippen molar-refractivity contribution in [3.05, 3.63) is 27.7 Å². The number of hydrogen-bond donors (Lipinski definition) is 2. The summed E-state index contributed by atoms with van der Waals surface area (Å²) in [7, 11) is 1.41. The Morgan fingerprint density at radius 3 is 2.92 bits per heavy atom. The van der Waals surface area contributed by atoms with Crippen LogP contribution in [0, 0.1) is 0 Å². The van der Waals surface area contributed by atoms with Gasteiger partial charge in [0.1, 0.15) is 5.56 Å². The van der Waals surface area contributed by atoms with E-state index in [0.29, 0.717) is 13.0 Å². The van der Waals surface area contributed by atoms with Crippen LogP contribution in [-0.2, 0) is 4.74 Å². The molecular formula is C16H19N3O5. The van der Waals surface area contributed by atoms with Crippen LogP contribution in [0.5, 0.6) is 5.75 Å². The van der Waals surface area contributed by atoms with E-state index in [4.69, 9.17) is 4.74 Å². The lowest BCUT2D eigenvalue weighted by atomic mass is 9.98. The Hall–Kier alpha value is -2.35. The molecule has 0 bridgehead atoms. The van der Waals surface area contributed by atoms with E-state index in [-0.39, 0.29) is 23.3 Å². The number of hydrogen-bond acceptors (Lipinski definition) is 5. The molecule has 1 aromatic rings. The van der Waals surface area contributed by atoms with Crippen LogP contribution >= 0.6 is 0 Å². The van der Waals surface area contributed by atoms with Gasteiger partial charge in [0.05, 0.1) is 18.7 Å². The average Bonchev–Trinajstić information content (AvgIpc) is 3.13. The SMILES string of the molecule is CNC(=O)c1cn2c(c(O)c1=O)C(=O)N1[C@@H](C)CO[C@]13CCC[C@H]23. The first-order valence-corrected chi connectivity index (χ1v) is 8.10. The van der Waals surface area contributed by atoms with Crippen molar-refractivity contribution in [2.75, 3.05) is 13.7 Å². The van der Waals surface area contributed by atoms with Gasteiger partial charge in [-0.15, -0.1) is 0 Å². The number of nitrogens with zero attached hydrogens (tertiary/aromatic N) is 2. The van der Waals surface area contributed by atoms with Gasteiger partial charge in [-0.25, -0.2) is 0 Å². The summed E-state index contributed by atoms with van der Waals surface area (Å²) in [5, 5.41) is 12.8. The van der Waals surface area contributed by atoms with Gasteiger partial charge in [-0.05, 0) is 26.2 Å². The number of aromatic hydroxyl groups is 1. The Kier molecular flexibility index (Phi) is 3.05. The molecule has 1 spiro atoms. The lowest BCUT2D eigenvalue weighted by Gasteiger charge is -2.45. The standard InChI is InChI=1S/C16H19N3O5/c1-8-7-24-16-5-3-4-10(16)18-6-9(14(22)17-2)12(20)13(21)11(18)15(23)19(8)16/h6,8,10,21H,3-5,7H2,1-2H3,(H,17,22)/t8-,10-,16-/m0/s1. The molecule has 1 saturated heterocycles. The van der Waals surface area contributed by atoms with Crippen LogP contribution in [0.1, 0.15) is 53.1 Å². The van der Waals surface area contributed by atoms with Crippen molar-refractivity contribution in [2.45, 2.75) is 44.0 Å². The third kappa shape index (κ3) is 1.64. The van der Waals surface area contributed by atoms with Crippen molar-refractivity contribution >= 4 is 11.8 Å². The number of nitrogens with one attached hydrogen (secondary N) is 1. The van der Waals surface area contributed by atoms with Crippen LogP contribution < -0.4 is 10.7 Å². The highest BCUT2D eigenvalue weighted by Gasteiger charge is 2.60. The summed E-state index contributed by atoms with van der Waals surface area (Å²) >= 11 is 0. The molecule has 2 N–H and O–H groups in total. The van der Waals surface area contributed by atoms with E-state index in [1.807, 2.05) is 6.92 Å². The van der Waals surface area contributed by atoms with Gasteiger partial charge < -0.3 is 24.6 Å². The minimum atomic E-state index is -0.827. The number of amides is 2. The molecule has 1 aliphatic carbocycles. The topological polar surface area (TPSA) is 101 Å². The Labute approximate surface area is 138 Å². The lowest BCUT2D eigenvalue weighted by Crippen LogP contribution is -2.58. The largest absolute Gasteiger partial charge is 0.503 e. The maximum Gasteiger partial charge on any atom is 0.277 e. The van der Waals surface area contributed by atoms with Gasteiger partial charge in [0.2, 0.25) is 5.43 Å². The highest BCUT2D eigenvalue weighted by molar-refractivity contribution is 5.99. The Morgan fingerprint density at radius 1 is 1.46 bits per heavy atom. The maximum atomic E-state index is 13.0. The van der Waals surface area contributed by atoms with Gasteiger partial charge >= 0.3 is 0 Å². The molecule has 2 amide bonds. The summed E-state index contributed by atoms with van der Waals surface area (Å²) in [6.07, 6.45) is 3.70. The molecule has 8 nitrogen and oxygen atoms in total. The van der Waals surface area contributed by atoms with Crippen molar-refractivity contribution in [2.24, 2.45) is 0 Å². The van der Waals surface area contributed by atoms with E-state index in [1.165, 1.54) is 13.2 Å². The zero-order valence-corrected chi connectivity index (χ0v) is 13.5. The zero-order chi connectivity index (χ0) is 17.2. The molecule has 2 fully saturated rings. The molecular weight excluding hydrogens is 314 g/mol. The van der Waals surface area contributed by atoms with Gasteiger partial charge in [0, 0.05) is 13.2 Å². The van der Waals surface area contributed by atoms with Crippen molar-refractivity contribution in [1.82, 2.24) is 14.8 Å². The third-order valence-electron chi connectivity index (χ3n) is 5.40. The van der Waals surface area contributed by atoms with Crippen LogP contribution in [0.15, 0.2) is 11.0 Å². The molecule has 8 heteroatoms. The van der Waals surface area contributed by atoms with E-state index in [1.54, 1.807) is 9.47 Å². The number of fused-ring (bicyclic) bond motifs is 2. The second-order valence-electron chi connectivity index (χ2n) is 6.64. The number of ether oxygens (including phenoxy) is 1. The summed E-state index contributed by atoms with van der Waals surface area (Å²) in [6, 6.07) is -0.343. The normalized spacial score (nSPS) is 30.8. The van der Waals surface area contributed by atoms with Crippen molar-refractivity contribution in [3.63, 3.8) is 0 Å². The average molecular weight is 333 g/mol. The van der Waals surface area contributed by atoms with E-state index >= 15 is 0 Å². The predicted molar refractivity (Wildman–Crippen MR) is 83.0 cm³/mol. The lowest BCUT2D eigenvalue weighted by molar-refractivity contribution is -0.101. The monoisotopic (exact) mass is 333 g/mol. The Bertz CT molecular complexity index is 817. The first-order valence-electron chi connectivity index (χ1n) is 8.10. The minimum Gasteiger partial charge on any atom is -0.503 e. The third-order valence-corrected chi connectivity index (χ3v) is 5.40. The predicted octanol–water partition coefficient (Wildman–Crippen LogP) is 0.209.